The van der Waals surface area contributed by atoms with E-state index in [4.69, 9.17) is 5.73 Å². The molecule has 1 saturated heterocycles. The summed E-state index contributed by atoms with van der Waals surface area (Å²) in [5, 5.41) is 12.0. The van der Waals surface area contributed by atoms with Crippen molar-refractivity contribution >= 4 is 22.5 Å². The molecular formula is C31H29FN4O3. The van der Waals surface area contributed by atoms with Gasteiger partial charge in [-0.05, 0) is 72.0 Å². The average Bonchev–Trinajstić information content (AvgIpc) is 3.69. The first kappa shape index (κ1) is 25.0. The van der Waals surface area contributed by atoms with Gasteiger partial charge >= 0.3 is 0 Å². The molecule has 2 aromatic heterocycles. The maximum atomic E-state index is 15.0. The Morgan fingerprint density at radius 2 is 1.95 bits per heavy atom. The molecule has 7 nitrogen and oxygen atoms in total. The summed E-state index contributed by atoms with van der Waals surface area (Å²) < 4.78 is 16.7. The SMILES string of the molecule is C=CC(=O)N1CCC(c2cc3cc(C4CC4)ccc3c(=O)n2-c2cccc(-c3ccnc(N)c3F)c2CO)C1. The molecule has 4 aromatic rings. The van der Waals surface area contributed by atoms with Crippen LogP contribution in [0.4, 0.5) is 10.2 Å². The Hall–Kier alpha value is -4.30. The summed E-state index contributed by atoms with van der Waals surface area (Å²) >= 11 is 0. The van der Waals surface area contributed by atoms with Crippen molar-refractivity contribution in [3.8, 4) is 16.8 Å². The zero-order chi connectivity index (χ0) is 27.3. The van der Waals surface area contributed by atoms with E-state index in [0.717, 1.165) is 23.9 Å². The lowest BCUT2D eigenvalue weighted by atomic mass is 9.95. The van der Waals surface area contributed by atoms with Crippen LogP contribution in [0.5, 0.6) is 0 Å². The number of halogens is 1. The molecule has 1 amide bonds. The quantitative estimate of drug-likeness (QED) is 0.358. The summed E-state index contributed by atoms with van der Waals surface area (Å²) in [7, 11) is 0. The molecule has 1 unspecified atom stereocenters. The monoisotopic (exact) mass is 524 g/mol. The third-order valence-electron chi connectivity index (χ3n) is 7.97. The van der Waals surface area contributed by atoms with Gasteiger partial charge in [0.15, 0.2) is 11.6 Å². The molecule has 1 saturated carbocycles. The Bertz CT molecular complexity index is 1690. The number of likely N-dealkylation sites (tertiary alicyclic amines) is 1. The first-order valence-corrected chi connectivity index (χ1v) is 13.2. The molecule has 3 heterocycles. The van der Waals surface area contributed by atoms with Crippen molar-refractivity contribution in [3.05, 3.63) is 100 Å². The lowest BCUT2D eigenvalue weighted by Crippen LogP contribution is -2.28. The van der Waals surface area contributed by atoms with Crippen molar-refractivity contribution in [2.24, 2.45) is 0 Å². The largest absolute Gasteiger partial charge is 0.392 e. The minimum Gasteiger partial charge on any atom is -0.392 e. The second-order valence-corrected chi connectivity index (χ2v) is 10.3. The van der Waals surface area contributed by atoms with E-state index in [1.807, 2.05) is 18.2 Å². The van der Waals surface area contributed by atoms with Crippen molar-refractivity contribution in [3.63, 3.8) is 0 Å². The molecule has 1 aliphatic carbocycles. The van der Waals surface area contributed by atoms with Crippen LogP contribution in [0, 0.1) is 5.82 Å². The molecular weight excluding hydrogens is 495 g/mol. The fourth-order valence-corrected chi connectivity index (χ4v) is 5.78. The van der Waals surface area contributed by atoms with Crippen LogP contribution in [0.25, 0.3) is 27.6 Å². The van der Waals surface area contributed by atoms with E-state index in [1.165, 1.54) is 23.9 Å². The standard InChI is InChI=1S/C31H29FN4O3/c1-2-28(38)35-13-11-20(16-35)27-15-21-14-19(18-6-7-18)8-9-22(21)31(39)36(27)26-5-3-4-23(25(26)17-37)24-10-12-34-30(33)29(24)32/h2-5,8-10,12,14-15,18,20,37H,1,6-7,11,13,16-17H2,(H2,33,34). The van der Waals surface area contributed by atoms with Gasteiger partial charge in [0, 0.05) is 47.4 Å². The number of anilines is 1. The highest BCUT2D eigenvalue weighted by Crippen LogP contribution is 2.41. The summed E-state index contributed by atoms with van der Waals surface area (Å²) in [6.07, 6.45) is 5.70. The van der Waals surface area contributed by atoms with Gasteiger partial charge in [-0.1, -0.05) is 30.8 Å². The molecule has 198 valence electrons. The normalized spacial score (nSPS) is 17.1. The number of carbonyl (C=O) groups is 1. The first-order valence-electron chi connectivity index (χ1n) is 13.2. The van der Waals surface area contributed by atoms with Crippen molar-refractivity contribution in [2.45, 2.75) is 37.7 Å². The number of hydrogen-bond donors (Lipinski definition) is 2. The summed E-state index contributed by atoms with van der Waals surface area (Å²) in [4.78, 5) is 32.1. The van der Waals surface area contributed by atoms with Crippen LogP contribution in [-0.2, 0) is 11.4 Å². The van der Waals surface area contributed by atoms with E-state index >= 15 is 4.39 Å². The van der Waals surface area contributed by atoms with Crippen molar-refractivity contribution < 1.29 is 14.3 Å². The number of benzene rings is 2. The van der Waals surface area contributed by atoms with E-state index in [2.05, 4.69) is 17.6 Å². The zero-order valence-electron chi connectivity index (χ0n) is 21.4. The highest BCUT2D eigenvalue weighted by molar-refractivity contribution is 5.87. The Kier molecular flexibility index (Phi) is 6.27. The molecule has 8 heteroatoms. The molecule has 2 aliphatic rings. The van der Waals surface area contributed by atoms with Crippen molar-refractivity contribution in [1.29, 1.82) is 0 Å². The van der Waals surface area contributed by atoms with Crippen LogP contribution < -0.4 is 11.3 Å². The number of aliphatic hydroxyl groups excluding tert-OH is 1. The number of aliphatic hydroxyl groups is 1. The number of pyridine rings is 2. The molecule has 0 radical (unpaired) electrons. The van der Waals surface area contributed by atoms with Crippen LogP contribution in [0.3, 0.4) is 0 Å². The van der Waals surface area contributed by atoms with E-state index in [9.17, 15) is 14.7 Å². The molecule has 2 aromatic carbocycles. The van der Waals surface area contributed by atoms with E-state index in [-0.39, 0.29) is 28.8 Å². The minimum absolute atomic E-state index is 0.112. The number of rotatable bonds is 6. The smallest absolute Gasteiger partial charge is 0.263 e. The Morgan fingerprint density at radius 1 is 1.13 bits per heavy atom. The predicted molar refractivity (Wildman–Crippen MR) is 149 cm³/mol. The number of nitrogen functional groups attached to an aromatic ring is 1. The van der Waals surface area contributed by atoms with Gasteiger partial charge in [0.05, 0.1) is 12.3 Å². The minimum atomic E-state index is -0.683. The molecule has 6 rings (SSSR count). The molecule has 1 aliphatic heterocycles. The van der Waals surface area contributed by atoms with Gasteiger partial charge in [-0.3, -0.25) is 14.2 Å². The number of fused-ring (bicyclic) bond motifs is 1. The fraction of sp³-hybridized carbons (Fsp3) is 0.258. The van der Waals surface area contributed by atoms with Gasteiger partial charge in [-0.2, -0.15) is 0 Å². The van der Waals surface area contributed by atoms with E-state index < -0.39 is 12.4 Å². The van der Waals surface area contributed by atoms with Crippen LogP contribution >= 0.6 is 0 Å². The fourth-order valence-electron chi connectivity index (χ4n) is 5.78. The Balaban J connectivity index is 1.59. The number of amides is 1. The lowest BCUT2D eigenvalue weighted by molar-refractivity contribution is -0.125. The molecule has 2 fully saturated rings. The summed E-state index contributed by atoms with van der Waals surface area (Å²) in [6, 6.07) is 14.7. The summed E-state index contributed by atoms with van der Waals surface area (Å²) in [5.74, 6) is -0.647. The second-order valence-electron chi connectivity index (χ2n) is 10.3. The summed E-state index contributed by atoms with van der Waals surface area (Å²) in [6.45, 7) is 4.18. The lowest BCUT2D eigenvalue weighted by Gasteiger charge is -2.23. The van der Waals surface area contributed by atoms with Crippen LogP contribution in [0.2, 0.25) is 0 Å². The molecule has 0 bridgehead atoms. The van der Waals surface area contributed by atoms with Gasteiger partial charge in [0.1, 0.15) is 0 Å². The first-order chi connectivity index (χ1) is 18.9. The third kappa shape index (κ3) is 4.30. The second kappa shape index (κ2) is 9.78. The van der Waals surface area contributed by atoms with Crippen LogP contribution in [0.15, 0.2) is 72.2 Å². The van der Waals surface area contributed by atoms with Crippen LogP contribution in [0.1, 0.15) is 47.9 Å². The highest BCUT2D eigenvalue weighted by Gasteiger charge is 2.31. The third-order valence-corrected chi connectivity index (χ3v) is 7.97. The van der Waals surface area contributed by atoms with Gasteiger partial charge in [0.25, 0.3) is 5.56 Å². The maximum Gasteiger partial charge on any atom is 0.263 e. The van der Waals surface area contributed by atoms with E-state index in [0.29, 0.717) is 47.6 Å². The average molecular weight is 525 g/mol. The van der Waals surface area contributed by atoms with Crippen molar-refractivity contribution in [1.82, 2.24) is 14.5 Å². The molecule has 3 N–H and O–H groups in total. The number of carbonyl (C=O) groups excluding carboxylic acids is 1. The van der Waals surface area contributed by atoms with Gasteiger partial charge in [0.2, 0.25) is 5.91 Å². The predicted octanol–water partition coefficient (Wildman–Crippen LogP) is 4.65. The molecule has 0 spiro atoms. The Morgan fingerprint density at radius 3 is 2.69 bits per heavy atom. The van der Waals surface area contributed by atoms with Crippen LogP contribution in [-0.4, -0.2) is 38.6 Å². The number of nitrogens with two attached hydrogens (primary N) is 1. The zero-order valence-corrected chi connectivity index (χ0v) is 21.4. The molecule has 39 heavy (non-hydrogen) atoms. The van der Waals surface area contributed by atoms with Gasteiger partial charge in [-0.25, -0.2) is 9.37 Å². The Labute approximate surface area is 225 Å². The van der Waals surface area contributed by atoms with E-state index in [1.54, 1.807) is 27.7 Å². The molecule has 1 atom stereocenters. The van der Waals surface area contributed by atoms with Crippen molar-refractivity contribution in [2.75, 3.05) is 18.8 Å². The van der Waals surface area contributed by atoms with Gasteiger partial charge < -0.3 is 15.7 Å². The number of aromatic nitrogens is 2. The number of nitrogens with zero attached hydrogens (tertiary/aromatic N) is 3. The topological polar surface area (TPSA) is 101 Å². The highest BCUT2D eigenvalue weighted by atomic mass is 19.1. The summed E-state index contributed by atoms with van der Waals surface area (Å²) in [5.41, 5.74) is 8.98. The number of hydrogen-bond acceptors (Lipinski definition) is 5. The van der Waals surface area contributed by atoms with Gasteiger partial charge in [-0.15, -0.1) is 0 Å². The maximum absolute atomic E-state index is 15.0.